The van der Waals surface area contributed by atoms with Crippen LogP contribution in [-0.4, -0.2) is 49.8 Å². The number of sulfonamides is 1. The highest BCUT2D eigenvalue weighted by Gasteiger charge is 2.34. The van der Waals surface area contributed by atoms with Gasteiger partial charge in [-0.25, -0.2) is 8.42 Å². The molecule has 2 saturated heterocycles. The highest BCUT2D eigenvalue weighted by molar-refractivity contribution is 9.12. The minimum Gasteiger partial charge on any atom is -0.300 e. The van der Waals surface area contributed by atoms with Gasteiger partial charge >= 0.3 is 0 Å². The van der Waals surface area contributed by atoms with E-state index in [4.69, 9.17) is 0 Å². The second-order valence-corrected chi connectivity index (χ2v) is 10.0. The minimum atomic E-state index is -3.49. The van der Waals surface area contributed by atoms with Crippen LogP contribution < -0.4 is 0 Å². The zero-order valence-electron chi connectivity index (χ0n) is 15.7. The SMILES string of the molecule is C=C(C)C(Br)=C(C=CC)S(=O)(=O)N1CCC(N2CCC(C)CC2)CC1. The fourth-order valence-electron chi connectivity index (χ4n) is 3.61. The molecule has 2 heterocycles. The summed E-state index contributed by atoms with van der Waals surface area (Å²) in [5, 5.41) is 0. The maximum Gasteiger partial charge on any atom is 0.244 e. The molecule has 142 valence electrons. The quantitative estimate of drug-likeness (QED) is 0.611. The first kappa shape index (κ1) is 20.9. The molecule has 2 aliphatic rings. The van der Waals surface area contributed by atoms with Gasteiger partial charge in [-0.2, -0.15) is 4.31 Å². The number of hydrogen-bond donors (Lipinski definition) is 0. The van der Waals surface area contributed by atoms with Gasteiger partial charge in [-0.05, 0) is 86.1 Å². The molecule has 0 spiro atoms. The molecule has 0 aromatic rings. The van der Waals surface area contributed by atoms with Crippen LogP contribution in [0.5, 0.6) is 0 Å². The Morgan fingerprint density at radius 2 is 1.68 bits per heavy atom. The van der Waals surface area contributed by atoms with Crippen molar-refractivity contribution >= 4 is 26.0 Å². The Hall–Kier alpha value is -0.430. The summed E-state index contributed by atoms with van der Waals surface area (Å²) >= 11 is 3.41. The second kappa shape index (κ2) is 8.98. The third-order valence-electron chi connectivity index (χ3n) is 5.28. The first-order valence-corrected chi connectivity index (χ1v) is 11.4. The molecule has 0 aromatic heterocycles. The fraction of sp³-hybridized carbons (Fsp3) is 0.684. The summed E-state index contributed by atoms with van der Waals surface area (Å²) in [6.45, 7) is 13.3. The van der Waals surface area contributed by atoms with Gasteiger partial charge in [-0.1, -0.05) is 19.6 Å². The van der Waals surface area contributed by atoms with Crippen LogP contribution in [0.15, 0.2) is 33.7 Å². The predicted molar refractivity (Wildman–Crippen MR) is 109 cm³/mol. The first-order chi connectivity index (χ1) is 11.8. The number of halogens is 1. The van der Waals surface area contributed by atoms with E-state index in [1.807, 2.05) is 13.8 Å². The van der Waals surface area contributed by atoms with E-state index in [1.165, 1.54) is 12.8 Å². The van der Waals surface area contributed by atoms with Crippen molar-refractivity contribution in [3.8, 4) is 0 Å². The van der Waals surface area contributed by atoms with Crippen molar-refractivity contribution in [2.24, 2.45) is 5.92 Å². The van der Waals surface area contributed by atoms with Crippen molar-refractivity contribution in [1.29, 1.82) is 0 Å². The highest BCUT2D eigenvalue weighted by atomic mass is 79.9. The summed E-state index contributed by atoms with van der Waals surface area (Å²) in [6.07, 6.45) is 7.78. The van der Waals surface area contributed by atoms with Crippen LogP contribution in [0.4, 0.5) is 0 Å². The molecule has 2 rings (SSSR count). The Morgan fingerprint density at radius 3 is 2.16 bits per heavy atom. The topological polar surface area (TPSA) is 40.6 Å². The Balaban J connectivity index is 2.08. The molecular formula is C19H31BrN2O2S. The van der Waals surface area contributed by atoms with E-state index >= 15 is 0 Å². The summed E-state index contributed by atoms with van der Waals surface area (Å²) in [5.41, 5.74) is 0.717. The van der Waals surface area contributed by atoms with Crippen molar-refractivity contribution in [1.82, 2.24) is 9.21 Å². The normalized spacial score (nSPS) is 23.8. The molecule has 2 fully saturated rings. The molecule has 4 nitrogen and oxygen atoms in total. The zero-order chi connectivity index (χ0) is 18.6. The number of likely N-dealkylation sites (tertiary alicyclic amines) is 1. The fourth-order valence-corrected chi connectivity index (χ4v) is 6.04. The summed E-state index contributed by atoms with van der Waals surface area (Å²) < 4.78 is 28.4. The summed E-state index contributed by atoms with van der Waals surface area (Å²) in [5.74, 6) is 0.824. The van der Waals surface area contributed by atoms with Gasteiger partial charge in [-0.15, -0.1) is 0 Å². The number of hydrogen-bond acceptors (Lipinski definition) is 3. The average Bonchev–Trinajstić information content (AvgIpc) is 2.59. The number of rotatable bonds is 5. The molecule has 0 aromatic carbocycles. The van der Waals surface area contributed by atoms with E-state index in [1.54, 1.807) is 16.5 Å². The zero-order valence-corrected chi connectivity index (χ0v) is 18.1. The van der Waals surface area contributed by atoms with Gasteiger partial charge in [-0.3, -0.25) is 0 Å². The largest absolute Gasteiger partial charge is 0.300 e. The summed E-state index contributed by atoms with van der Waals surface area (Å²) in [6, 6.07) is 0.526. The van der Waals surface area contributed by atoms with Gasteiger partial charge in [0.05, 0.1) is 4.91 Å². The van der Waals surface area contributed by atoms with Crippen molar-refractivity contribution in [3.05, 3.63) is 33.7 Å². The third-order valence-corrected chi connectivity index (χ3v) is 8.59. The van der Waals surface area contributed by atoms with Crippen molar-refractivity contribution in [2.75, 3.05) is 26.2 Å². The molecule has 0 unspecified atom stereocenters. The molecule has 0 radical (unpaired) electrons. The monoisotopic (exact) mass is 430 g/mol. The number of piperidine rings is 2. The van der Waals surface area contributed by atoms with Crippen LogP contribution in [0.2, 0.25) is 0 Å². The molecule has 0 saturated carbocycles. The maximum atomic E-state index is 13.1. The molecule has 25 heavy (non-hydrogen) atoms. The van der Waals surface area contributed by atoms with Crippen LogP contribution in [-0.2, 0) is 10.0 Å². The highest BCUT2D eigenvalue weighted by Crippen LogP contribution is 2.30. The van der Waals surface area contributed by atoms with Gasteiger partial charge in [0.1, 0.15) is 0 Å². The molecule has 2 aliphatic heterocycles. The van der Waals surface area contributed by atoms with Crippen LogP contribution in [0.25, 0.3) is 0 Å². The van der Waals surface area contributed by atoms with Gasteiger partial charge in [0.25, 0.3) is 0 Å². The van der Waals surface area contributed by atoms with Crippen molar-refractivity contribution < 1.29 is 8.42 Å². The maximum absolute atomic E-state index is 13.1. The van der Waals surface area contributed by atoms with Crippen molar-refractivity contribution in [3.63, 3.8) is 0 Å². The van der Waals surface area contributed by atoms with Gasteiger partial charge in [0.15, 0.2) is 0 Å². The molecule has 0 atom stereocenters. The number of allylic oxidation sites excluding steroid dienone is 4. The molecule has 0 bridgehead atoms. The van der Waals surface area contributed by atoms with E-state index in [-0.39, 0.29) is 0 Å². The van der Waals surface area contributed by atoms with Gasteiger partial charge in [0.2, 0.25) is 10.0 Å². The molecule has 6 heteroatoms. The Bertz CT molecular complexity index is 638. The van der Waals surface area contributed by atoms with E-state index in [2.05, 4.69) is 34.3 Å². The van der Waals surface area contributed by atoms with E-state index in [9.17, 15) is 8.42 Å². The molecule has 0 aliphatic carbocycles. The third kappa shape index (κ3) is 5.06. The standard InChI is InChI=1S/C19H31BrN2O2S/c1-5-6-18(19(20)15(2)3)25(23,24)22-13-9-17(10-14-22)21-11-7-16(4)8-12-21/h5-6,16-17H,2,7-14H2,1,3-4H3. The van der Waals surface area contributed by atoms with Crippen LogP contribution >= 0.6 is 15.9 Å². The smallest absolute Gasteiger partial charge is 0.244 e. The van der Waals surface area contributed by atoms with Gasteiger partial charge in [0, 0.05) is 23.6 Å². The Morgan fingerprint density at radius 1 is 1.12 bits per heavy atom. The van der Waals surface area contributed by atoms with Crippen LogP contribution in [0.3, 0.4) is 0 Å². The van der Waals surface area contributed by atoms with Gasteiger partial charge < -0.3 is 4.90 Å². The van der Waals surface area contributed by atoms with Crippen LogP contribution in [0.1, 0.15) is 46.5 Å². The average molecular weight is 431 g/mol. The lowest BCUT2D eigenvalue weighted by atomic mass is 9.95. The van der Waals surface area contributed by atoms with Crippen molar-refractivity contribution in [2.45, 2.75) is 52.5 Å². The van der Waals surface area contributed by atoms with Crippen LogP contribution in [0, 0.1) is 5.92 Å². The molecular weight excluding hydrogens is 400 g/mol. The van der Waals surface area contributed by atoms with E-state index < -0.39 is 10.0 Å². The lowest BCUT2D eigenvalue weighted by molar-refractivity contribution is 0.101. The second-order valence-electron chi connectivity index (χ2n) is 7.31. The lowest BCUT2D eigenvalue weighted by Crippen LogP contribution is -2.49. The summed E-state index contributed by atoms with van der Waals surface area (Å²) in [7, 11) is -3.49. The molecule has 0 N–H and O–H groups in total. The Labute approximate surface area is 161 Å². The summed E-state index contributed by atoms with van der Waals surface area (Å²) in [4.78, 5) is 2.88. The minimum absolute atomic E-state index is 0.313. The van der Waals surface area contributed by atoms with E-state index in [0.29, 0.717) is 34.1 Å². The first-order valence-electron chi connectivity index (χ1n) is 9.20. The Kier molecular flexibility index (Phi) is 7.50. The number of nitrogens with zero attached hydrogens (tertiary/aromatic N) is 2. The predicted octanol–water partition coefficient (Wildman–Crippen LogP) is 4.27. The molecule has 0 amide bonds. The van der Waals surface area contributed by atoms with E-state index in [0.717, 1.165) is 31.8 Å². The lowest BCUT2D eigenvalue weighted by Gasteiger charge is -2.41.